The molecule has 0 aromatic rings. The predicted molar refractivity (Wildman–Crippen MR) is 50.3 cm³/mol. The van der Waals surface area contributed by atoms with E-state index in [-0.39, 0.29) is 6.04 Å². The number of rotatable bonds is 2. The molecule has 0 bridgehead atoms. The van der Waals surface area contributed by atoms with Crippen molar-refractivity contribution < 1.29 is 9.66 Å². The standard InChI is InChI=1S/C8H17NO2S/c1-12(11)6-8(10)4-2-7(9)3-5-8/h7,10H,2-6,9H2,1H3/t7-,8+,12?. The smallest absolute Gasteiger partial charge is 0.133 e. The highest BCUT2D eigenvalue weighted by Gasteiger charge is 2.35. The summed E-state index contributed by atoms with van der Waals surface area (Å²) in [4.78, 5) is 0. The van der Waals surface area contributed by atoms with Crippen molar-refractivity contribution in [2.45, 2.75) is 37.3 Å². The van der Waals surface area contributed by atoms with Crippen LogP contribution in [-0.2, 0) is 11.2 Å². The SMILES string of the molecule is C[S+]([O-])C[C@]1(O)CC[C@@H](N)CC1. The van der Waals surface area contributed by atoms with Crippen molar-refractivity contribution >= 4 is 11.2 Å². The molecule has 0 aromatic heterocycles. The van der Waals surface area contributed by atoms with Gasteiger partial charge in [-0.1, -0.05) is 11.2 Å². The Kier molecular flexibility index (Phi) is 3.40. The lowest BCUT2D eigenvalue weighted by molar-refractivity contribution is 0.0211. The van der Waals surface area contributed by atoms with Gasteiger partial charge in [-0.05, 0) is 25.7 Å². The highest BCUT2D eigenvalue weighted by Crippen LogP contribution is 2.28. The number of aliphatic hydroxyl groups is 1. The Morgan fingerprint density at radius 3 is 2.50 bits per heavy atom. The molecule has 1 aliphatic carbocycles. The van der Waals surface area contributed by atoms with Crippen LogP contribution < -0.4 is 5.73 Å². The molecule has 3 nitrogen and oxygen atoms in total. The van der Waals surface area contributed by atoms with E-state index in [1.165, 1.54) is 0 Å². The van der Waals surface area contributed by atoms with Crippen molar-refractivity contribution in [3.05, 3.63) is 0 Å². The first-order valence-electron chi connectivity index (χ1n) is 4.30. The second kappa shape index (κ2) is 3.96. The lowest BCUT2D eigenvalue weighted by Crippen LogP contribution is -2.43. The fourth-order valence-electron chi connectivity index (χ4n) is 1.70. The zero-order chi connectivity index (χ0) is 9.19. The summed E-state index contributed by atoms with van der Waals surface area (Å²) < 4.78 is 10.9. The van der Waals surface area contributed by atoms with Crippen LogP contribution in [0.15, 0.2) is 0 Å². The second-order valence-corrected chi connectivity index (χ2v) is 5.21. The molecule has 3 N–H and O–H groups in total. The molecule has 1 fully saturated rings. The van der Waals surface area contributed by atoms with Gasteiger partial charge in [0.25, 0.3) is 0 Å². The van der Waals surface area contributed by atoms with Crippen LogP contribution in [0.5, 0.6) is 0 Å². The Morgan fingerprint density at radius 2 is 2.08 bits per heavy atom. The topological polar surface area (TPSA) is 69.3 Å². The van der Waals surface area contributed by atoms with Gasteiger partial charge in [-0.15, -0.1) is 0 Å². The first kappa shape index (κ1) is 10.3. The lowest BCUT2D eigenvalue weighted by atomic mass is 9.84. The van der Waals surface area contributed by atoms with Gasteiger partial charge in [0.05, 0.1) is 6.26 Å². The highest BCUT2D eigenvalue weighted by molar-refractivity contribution is 7.90. The molecule has 0 spiro atoms. The Hall–Kier alpha value is 0.230. The molecule has 0 aliphatic heterocycles. The minimum atomic E-state index is -0.905. The van der Waals surface area contributed by atoms with Gasteiger partial charge < -0.3 is 15.4 Å². The number of hydrogen-bond donors (Lipinski definition) is 2. The largest absolute Gasteiger partial charge is 0.616 e. The normalized spacial score (nSPS) is 39.5. The Labute approximate surface area is 76.5 Å². The van der Waals surface area contributed by atoms with Gasteiger partial charge in [0.1, 0.15) is 11.4 Å². The average Bonchev–Trinajstić information content (AvgIpc) is 1.94. The van der Waals surface area contributed by atoms with Gasteiger partial charge in [0.15, 0.2) is 0 Å². The Balaban J connectivity index is 2.39. The van der Waals surface area contributed by atoms with Crippen LogP contribution in [0.2, 0.25) is 0 Å². The molecule has 12 heavy (non-hydrogen) atoms. The van der Waals surface area contributed by atoms with Crippen molar-refractivity contribution in [2.24, 2.45) is 5.73 Å². The maximum atomic E-state index is 10.9. The van der Waals surface area contributed by atoms with Crippen LogP contribution >= 0.6 is 0 Å². The molecule has 0 radical (unpaired) electrons. The molecule has 0 saturated heterocycles. The minimum Gasteiger partial charge on any atom is -0.616 e. The van der Waals surface area contributed by atoms with E-state index in [9.17, 15) is 9.66 Å². The van der Waals surface area contributed by atoms with Crippen molar-refractivity contribution in [1.29, 1.82) is 0 Å². The molecule has 1 rings (SSSR count). The van der Waals surface area contributed by atoms with Crippen LogP contribution in [-0.4, -0.2) is 33.3 Å². The maximum Gasteiger partial charge on any atom is 0.133 e. The lowest BCUT2D eigenvalue weighted by Gasteiger charge is -2.33. The van der Waals surface area contributed by atoms with Crippen LogP contribution in [0.1, 0.15) is 25.7 Å². The third-order valence-corrected chi connectivity index (χ3v) is 3.38. The number of nitrogens with two attached hydrogens (primary N) is 1. The van der Waals surface area contributed by atoms with E-state index >= 15 is 0 Å². The summed E-state index contributed by atoms with van der Waals surface area (Å²) in [5, 5.41) is 9.91. The van der Waals surface area contributed by atoms with Gasteiger partial charge in [0.2, 0.25) is 0 Å². The van der Waals surface area contributed by atoms with E-state index in [1.54, 1.807) is 6.26 Å². The van der Waals surface area contributed by atoms with Crippen molar-refractivity contribution in [2.75, 3.05) is 12.0 Å². The monoisotopic (exact) mass is 191 g/mol. The molecule has 4 heteroatoms. The minimum absolute atomic E-state index is 0.232. The van der Waals surface area contributed by atoms with Crippen molar-refractivity contribution in [3.8, 4) is 0 Å². The van der Waals surface area contributed by atoms with Gasteiger partial charge in [-0.2, -0.15) is 0 Å². The fourth-order valence-corrected chi connectivity index (χ4v) is 2.75. The molecule has 1 saturated carbocycles. The molecule has 72 valence electrons. The van der Waals surface area contributed by atoms with E-state index < -0.39 is 16.8 Å². The predicted octanol–water partition coefficient (Wildman–Crippen LogP) is -0.00270. The summed E-state index contributed by atoms with van der Waals surface area (Å²) in [7, 11) is 0. The van der Waals surface area contributed by atoms with Crippen LogP contribution in [0, 0.1) is 0 Å². The summed E-state index contributed by atoms with van der Waals surface area (Å²) in [6.07, 6.45) is 4.75. The molecule has 0 aromatic carbocycles. The van der Waals surface area contributed by atoms with Gasteiger partial charge in [-0.3, -0.25) is 0 Å². The fraction of sp³-hybridized carbons (Fsp3) is 1.00. The first-order valence-corrected chi connectivity index (χ1v) is 6.02. The Bertz CT molecular complexity index is 144. The molecular weight excluding hydrogens is 174 g/mol. The zero-order valence-corrected chi connectivity index (χ0v) is 8.27. The van der Waals surface area contributed by atoms with Gasteiger partial charge >= 0.3 is 0 Å². The molecule has 1 atom stereocenters. The summed E-state index contributed by atoms with van der Waals surface area (Å²) in [6.45, 7) is 0. The van der Waals surface area contributed by atoms with E-state index in [2.05, 4.69) is 0 Å². The summed E-state index contributed by atoms with van der Waals surface area (Å²) in [5.74, 6) is 0.402. The number of hydrogen-bond acceptors (Lipinski definition) is 3. The molecule has 1 aliphatic rings. The molecule has 0 amide bonds. The summed E-state index contributed by atoms with van der Waals surface area (Å²) in [5.41, 5.74) is 5.00. The van der Waals surface area contributed by atoms with E-state index in [0.717, 1.165) is 12.8 Å². The van der Waals surface area contributed by atoms with Gasteiger partial charge in [0, 0.05) is 6.04 Å². The quantitative estimate of drug-likeness (QED) is 0.603. The Morgan fingerprint density at radius 1 is 1.58 bits per heavy atom. The molecule has 0 heterocycles. The van der Waals surface area contributed by atoms with Gasteiger partial charge in [-0.25, -0.2) is 0 Å². The van der Waals surface area contributed by atoms with E-state index in [1.807, 2.05) is 0 Å². The van der Waals surface area contributed by atoms with E-state index in [4.69, 9.17) is 5.73 Å². The first-order chi connectivity index (χ1) is 5.52. The third kappa shape index (κ3) is 2.94. The maximum absolute atomic E-state index is 10.9. The summed E-state index contributed by atoms with van der Waals surface area (Å²) in [6, 6.07) is 0.232. The molecule has 1 unspecified atom stereocenters. The highest BCUT2D eigenvalue weighted by atomic mass is 32.2. The second-order valence-electron chi connectivity index (χ2n) is 3.78. The van der Waals surface area contributed by atoms with Crippen LogP contribution in [0.25, 0.3) is 0 Å². The van der Waals surface area contributed by atoms with Crippen LogP contribution in [0.4, 0.5) is 0 Å². The zero-order valence-electron chi connectivity index (χ0n) is 7.45. The molecular formula is C8H17NO2S. The average molecular weight is 191 g/mol. The van der Waals surface area contributed by atoms with Crippen molar-refractivity contribution in [1.82, 2.24) is 0 Å². The van der Waals surface area contributed by atoms with Crippen LogP contribution in [0.3, 0.4) is 0 Å². The summed E-state index contributed by atoms with van der Waals surface area (Å²) >= 11 is -0.905. The van der Waals surface area contributed by atoms with Crippen molar-refractivity contribution in [3.63, 3.8) is 0 Å². The third-order valence-electron chi connectivity index (χ3n) is 2.43. The van der Waals surface area contributed by atoms with E-state index in [0.29, 0.717) is 18.6 Å².